The third-order valence-corrected chi connectivity index (χ3v) is 6.83. The first-order chi connectivity index (χ1) is 15.0. The van der Waals surface area contributed by atoms with Gasteiger partial charge in [0.15, 0.2) is 6.54 Å². The Morgan fingerprint density at radius 2 is 1.45 bits per heavy atom. The van der Waals surface area contributed by atoms with Crippen LogP contribution in [-0.4, -0.2) is 53.6 Å². The fraction of sp³-hybridized carbons (Fsp3) is 0.731. The molecular formula is C26H46BrN2O2+. The Morgan fingerprint density at radius 1 is 0.903 bits per heavy atom. The maximum atomic E-state index is 13.2. The summed E-state index contributed by atoms with van der Waals surface area (Å²) >= 11 is 3.52. The average molecular weight is 499 g/mol. The number of hydrogen-bond acceptors (Lipinski definition) is 2. The summed E-state index contributed by atoms with van der Waals surface area (Å²) in [4.78, 5) is 13.2. The Labute approximate surface area is 199 Å². The van der Waals surface area contributed by atoms with Gasteiger partial charge in [-0.1, -0.05) is 60.3 Å². The molecule has 0 heterocycles. The maximum absolute atomic E-state index is 13.2. The van der Waals surface area contributed by atoms with Crippen molar-refractivity contribution in [2.45, 2.75) is 85.0 Å². The second-order valence-electron chi connectivity index (χ2n) is 9.08. The molecule has 1 aromatic rings. The first-order valence-corrected chi connectivity index (χ1v) is 13.5. The van der Waals surface area contributed by atoms with Crippen molar-refractivity contribution in [2.24, 2.45) is 0 Å². The number of unbranched alkanes of at least 4 members (excludes halogenated alkanes) is 7. The molecule has 1 aromatic carbocycles. The number of para-hydroxylation sites is 1. The largest absolute Gasteiger partial charge is 0.396 e. The molecule has 2 N–H and O–H groups in total. The van der Waals surface area contributed by atoms with E-state index in [-0.39, 0.29) is 12.5 Å². The van der Waals surface area contributed by atoms with Crippen LogP contribution in [0.1, 0.15) is 82.3 Å². The van der Waals surface area contributed by atoms with E-state index in [0.717, 1.165) is 65.5 Å². The molecule has 178 valence electrons. The number of benzene rings is 1. The topological polar surface area (TPSA) is 49.3 Å². The highest BCUT2D eigenvalue weighted by Crippen LogP contribution is 2.21. The van der Waals surface area contributed by atoms with E-state index in [9.17, 15) is 9.90 Å². The molecule has 0 aliphatic rings. The Hall–Kier alpha value is -0.910. The van der Waals surface area contributed by atoms with E-state index in [0.29, 0.717) is 6.54 Å². The standard InChI is InChI=1S/C26H45BrN2O2/c1-4-5-10-18-29(20-12-13-21-30,19-11-8-6-7-9-17-27)22-25(31)28-26-23(2)15-14-16-24(26)3/h14-16,30H,4-13,17-22H2,1-3H3/p+1. The Morgan fingerprint density at radius 3 is 2.03 bits per heavy atom. The van der Waals surface area contributed by atoms with E-state index in [1.165, 1.54) is 44.9 Å². The zero-order chi connectivity index (χ0) is 23.0. The van der Waals surface area contributed by atoms with Crippen molar-refractivity contribution in [3.8, 4) is 0 Å². The van der Waals surface area contributed by atoms with Crippen LogP contribution in [0.3, 0.4) is 0 Å². The molecule has 0 saturated heterocycles. The number of carbonyl (C=O) groups is 1. The number of aliphatic hydroxyl groups is 1. The van der Waals surface area contributed by atoms with Gasteiger partial charge in [0.2, 0.25) is 0 Å². The lowest BCUT2D eigenvalue weighted by Crippen LogP contribution is -2.54. The molecule has 4 nitrogen and oxygen atoms in total. The van der Waals surface area contributed by atoms with Crippen molar-refractivity contribution < 1.29 is 14.4 Å². The quantitative estimate of drug-likeness (QED) is 0.140. The highest BCUT2D eigenvalue weighted by molar-refractivity contribution is 9.09. The van der Waals surface area contributed by atoms with Gasteiger partial charge in [-0.15, -0.1) is 0 Å². The van der Waals surface area contributed by atoms with Gasteiger partial charge in [0.1, 0.15) is 0 Å². The van der Waals surface area contributed by atoms with Crippen LogP contribution in [0.15, 0.2) is 18.2 Å². The van der Waals surface area contributed by atoms with Crippen LogP contribution in [0.25, 0.3) is 0 Å². The molecule has 0 spiro atoms. The van der Waals surface area contributed by atoms with Crippen LogP contribution in [0.5, 0.6) is 0 Å². The highest BCUT2D eigenvalue weighted by Gasteiger charge is 2.29. The van der Waals surface area contributed by atoms with Gasteiger partial charge in [-0.2, -0.15) is 0 Å². The summed E-state index contributed by atoms with van der Waals surface area (Å²) in [6.07, 6.45) is 11.6. The molecule has 1 atom stereocenters. The van der Waals surface area contributed by atoms with Crippen LogP contribution >= 0.6 is 15.9 Å². The number of hydrogen-bond donors (Lipinski definition) is 2. The summed E-state index contributed by atoms with van der Waals surface area (Å²) in [5.41, 5.74) is 3.19. The van der Waals surface area contributed by atoms with Crippen molar-refractivity contribution in [3.05, 3.63) is 29.3 Å². The molecule has 0 saturated carbocycles. The van der Waals surface area contributed by atoms with E-state index >= 15 is 0 Å². The van der Waals surface area contributed by atoms with Crippen LogP contribution in [0, 0.1) is 13.8 Å². The van der Waals surface area contributed by atoms with Crippen LogP contribution in [0.2, 0.25) is 0 Å². The predicted octanol–water partition coefficient (Wildman–Crippen LogP) is 6.37. The summed E-state index contributed by atoms with van der Waals surface area (Å²) in [7, 11) is 0. The number of aliphatic hydroxyl groups excluding tert-OH is 1. The minimum atomic E-state index is 0.122. The van der Waals surface area contributed by atoms with E-state index < -0.39 is 0 Å². The molecule has 1 rings (SSSR count). The molecule has 0 radical (unpaired) electrons. The fourth-order valence-corrected chi connectivity index (χ4v) is 4.79. The van der Waals surface area contributed by atoms with Gasteiger partial charge >= 0.3 is 0 Å². The van der Waals surface area contributed by atoms with Crippen molar-refractivity contribution in [3.63, 3.8) is 0 Å². The number of anilines is 1. The first kappa shape index (κ1) is 28.1. The molecule has 1 amide bonds. The van der Waals surface area contributed by atoms with Crippen molar-refractivity contribution in [1.82, 2.24) is 0 Å². The lowest BCUT2D eigenvalue weighted by Gasteiger charge is -2.39. The molecule has 5 heteroatoms. The summed E-state index contributed by atoms with van der Waals surface area (Å²) < 4.78 is 0.856. The van der Waals surface area contributed by atoms with Gasteiger partial charge in [0, 0.05) is 17.6 Å². The number of nitrogens with zero attached hydrogens (tertiary/aromatic N) is 1. The van der Waals surface area contributed by atoms with Crippen molar-refractivity contribution in [2.75, 3.05) is 43.4 Å². The molecule has 0 aliphatic heterocycles. The van der Waals surface area contributed by atoms with E-state index in [4.69, 9.17) is 0 Å². The molecule has 0 fully saturated rings. The SMILES string of the molecule is CCCCC[N+](CCCCO)(CCCCCCCBr)CC(=O)Nc1c(C)cccc1C. The number of aryl methyl sites for hydroxylation is 2. The molecular weight excluding hydrogens is 452 g/mol. The van der Waals surface area contributed by atoms with Crippen molar-refractivity contribution >= 4 is 27.5 Å². The second kappa shape index (κ2) is 16.7. The summed E-state index contributed by atoms with van der Waals surface area (Å²) in [5, 5.41) is 13.6. The van der Waals surface area contributed by atoms with Gasteiger partial charge in [0.25, 0.3) is 5.91 Å². The number of amides is 1. The average Bonchev–Trinajstić information content (AvgIpc) is 2.74. The zero-order valence-corrected chi connectivity index (χ0v) is 21.8. The third-order valence-electron chi connectivity index (χ3n) is 6.27. The fourth-order valence-electron chi connectivity index (χ4n) is 4.40. The zero-order valence-electron chi connectivity index (χ0n) is 20.2. The van der Waals surface area contributed by atoms with Gasteiger partial charge in [-0.25, -0.2) is 0 Å². The molecule has 0 aliphatic carbocycles. The number of quaternary nitrogens is 1. The van der Waals surface area contributed by atoms with E-state index in [1.54, 1.807) is 0 Å². The minimum absolute atomic E-state index is 0.122. The van der Waals surface area contributed by atoms with Gasteiger partial charge in [-0.05, 0) is 69.9 Å². The number of rotatable bonds is 18. The van der Waals surface area contributed by atoms with Gasteiger partial charge in [0.05, 0.1) is 19.6 Å². The van der Waals surface area contributed by atoms with Crippen molar-refractivity contribution in [1.29, 1.82) is 0 Å². The number of carbonyl (C=O) groups excluding carboxylic acids is 1. The molecule has 1 unspecified atom stereocenters. The van der Waals surface area contributed by atoms with Crippen LogP contribution in [-0.2, 0) is 4.79 Å². The van der Waals surface area contributed by atoms with E-state index in [1.807, 2.05) is 6.07 Å². The number of halogens is 1. The Bertz CT molecular complexity index is 591. The Balaban J connectivity index is 2.87. The molecule has 0 bridgehead atoms. The van der Waals surface area contributed by atoms with Crippen LogP contribution in [0.4, 0.5) is 5.69 Å². The van der Waals surface area contributed by atoms with Gasteiger partial charge < -0.3 is 14.9 Å². The number of alkyl halides is 1. The van der Waals surface area contributed by atoms with Gasteiger partial charge in [-0.3, -0.25) is 4.79 Å². The summed E-state index contributed by atoms with van der Waals surface area (Å²) in [6.45, 7) is 10.2. The lowest BCUT2D eigenvalue weighted by atomic mass is 10.1. The summed E-state index contributed by atoms with van der Waals surface area (Å²) in [5.74, 6) is 0.122. The third kappa shape index (κ3) is 11.5. The van der Waals surface area contributed by atoms with Crippen LogP contribution < -0.4 is 5.32 Å². The number of nitrogens with one attached hydrogen (secondary N) is 1. The van der Waals surface area contributed by atoms with E-state index in [2.05, 4.69) is 54.2 Å². The minimum Gasteiger partial charge on any atom is -0.396 e. The predicted molar refractivity (Wildman–Crippen MR) is 137 cm³/mol. The second-order valence-corrected chi connectivity index (χ2v) is 9.87. The highest BCUT2D eigenvalue weighted by atomic mass is 79.9. The smallest absolute Gasteiger partial charge is 0.279 e. The Kier molecular flexibility index (Phi) is 15.1. The maximum Gasteiger partial charge on any atom is 0.279 e. The molecule has 31 heavy (non-hydrogen) atoms. The first-order valence-electron chi connectivity index (χ1n) is 12.4. The summed E-state index contributed by atoms with van der Waals surface area (Å²) in [6, 6.07) is 6.15. The molecule has 0 aromatic heterocycles. The normalized spacial score (nSPS) is 13.2. The lowest BCUT2D eigenvalue weighted by molar-refractivity contribution is -0.921. The monoisotopic (exact) mass is 497 g/mol.